The predicted molar refractivity (Wildman–Crippen MR) is 55.0 cm³/mol. The van der Waals surface area contributed by atoms with Gasteiger partial charge >= 0.3 is 0 Å². The van der Waals surface area contributed by atoms with E-state index in [0.29, 0.717) is 11.9 Å². The first-order chi connectivity index (χ1) is 6.73. The first-order valence-corrected chi connectivity index (χ1v) is 5.29. The quantitative estimate of drug-likeness (QED) is 0.645. The third-order valence-electron chi connectivity index (χ3n) is 3.52. The van der Waals surface area contributed by atoms with E-state index in [2.05, 4.69) is 22.5 Å². The first-order valence-electron chi connectivity index (χ1n) is 5.29. The Balaban J connectivity index is 2.27. The van der Waals surface area contributed by atoms with E-state index in [-0.39, 0.29) is 11.4 Å². The molecule has 1 saturated carbocycles. The molecule has 2 rings (SSSR count). The molecule has 1 heterocycles. The summed E-state index contributed by atoms with van der Waals surface area (Å²) in [7, 11) is 1.69. The smallest absolute Gasteiger partial charge is 0.252 e. The Morgan fingerprint density at radius 2 is 2.43 bits per heavy atom. The summed E-state index contributed by atoms with van der Waals surface area (Å²) in [6.45, 7) is 2.15. The maximum Gasteiger partial charge on any atom is 0.252 e. The molecule has 14 heavy (non-hydrogen) atoms. The number of hydrogen-bond acceptors (Lipinski definition) is 2. The Hall–Kier alpha value is -1.06. The second kappa shape index (κ2) is 3.26. The number of rotatable bonds is 1. The first kappa shape index (κ1) is 9.49. The van der Waals surface area contributed by atoms with Crippen molar-refractivity contribution in [3.05, 3.63) is 0 Å². The van der Waals surface area contributed by atoms with Gasteiger partial charge in [0, 0.05) is 7.05 Å². The number of aliphatic imine (C=N–C) groups is 1. The fraction of sp³-hybridized carbons (Fsp3) is 0.800. The standard InChI is InChI=1S/C10H17N3O/c1-3-7-5-4-6-10(7)8(14)12-9(11-2)13-10/h7H,3-6H2,1-2H3,(H2,11,12,13,14). The number of nitrogens with one attached hydrogen (secondary N) is 2. The van der Waals surface area contributed by atoms with Crippen LogP contribution in [0.25, 0.3) is 0 Å². The molecule has 4 heteroatoms. The van der Waals surface area contributed by atoms with E-state index in [4.69, 9.17) is 0 Å². The Kier molecular flexibility index (Phi) is 2.21. The molecular formula is C10H17N3O. The zero-order chi connectivity index (χ0) is 10.2. The molecule has 1 aliphatic carbocycles. The Morgan fingerprint density at radius 3 is 3.00 bits per heavy atom. The van der Waals surface area contributed by atoms with Gasteiger partial charge < -0.3 is 5.32 Å². The lowest BCUT2D eigenvalue weighted by atomic mass is 9.85. The molecule has 2 aliphatic rings. The number of amides is 1. The van der Waals surface area contributed by atoms with Crippen molar-refractivity contribution in [1.82, 2.24) is 10.6 Å². The molecule has 0 aromatic heterocycles. The van der Waals surface area contributed by atoms with Crippen LogP contribution in [0, 0.1) is 5.92 Å². The van der Waals surface area contributed by atoms with E-state index >= 15 is 0 Å². The minimum atomic E-state index is -0.344. The van der Waals surface area contributed by atoms with Gasteiger partial charge in [-0.15, -0.1) is 0 Å². The molecule has 0 aromatic rings. The van der Waals surface area contributed by atoms with Gasteiger partial charge in [-0.25, -0.2) is 0 Å². The van der Waals surface area contributed by atoms with E-state index < -0.39 is 0 Å². The normalized spacial score (nSPS) is 39.1. The van der Waals surface area contributed by atoms with Crippen molar-refractivity contribution in [3.8, 4) is 0 Å². The zero-order valence-electron chi connectivity index (χ0n) is 8.76. The van der Waals surface area contributed by atoms with E-state index in [1.807, 2.05) is 0 Å². The topological polar surface area (TPSA) is 53.5 Å². The van der Waals surface area contributed by atoms with Gasteiger partial charge in [0.2, 0.25) is 0 Å². The number of guanidine groups is 1. The molecule has 0 radical (unpaired) electrons. The van der Waals surface area contributed by atoms with Crippen LogP contribution in [0.15, 0.2) is 4.99 Å². The molecule has 0 aromatic carbocycles. The van der Waals surface area contributed by atoms with Gasteiger partial charge in [-0.3, -0.25) is 15.1 Å². The van der Waals surface area contributed by atoms with E-state index in [1.54, 1.807) is 7.05 Å². The van der Waals surface area contributed by atoms with Gasteiger partial charge in [-0.05, 0) is 18.8 Å². The van der Waals surface area contributed by atoms with Crippen molar-refractivity contribution in [3.63, 3.8) is 0 Å². The van der Waals surface area contributed by atoms with Crippen LogP contribution in [-0.4, -0.2) is 24.5 Å². The summed E-state index contributed by atoms with van der Waals surface area (Å²) >= 11 is 0. The highest BCUT2D eigenvalue weighted by Gasteiger charge is 2.52. The van der Waals surface area contributed by atoms with Crippen LogP contribution >= 0.6 is 0 Å². The summed E-state index contributed by atoms with van der Waals surface area (Å²) < 4.78 is 0. The van der Waals surface area contributed by atoms with Gasteiger partial charge in [-0.2, -0.15) is 0 Å². The molecule has 2 fully saturated rings. The van der Waals surface area contributed by atoms with Gasteiger partial charge in [0.05, 0.1) is 0 Å². The Bertz CT molecular complexity index is 287. The van der Waals surface area contributed by atoms with Crippen molar-refractivity contribution in [2.75, 3.05) is 7.05 Å². The molecule has 1 aliphatic heterocycles. The summed E-state index contributed by atoms with van der Waals surface area (Å²) in [5.74, 6) is 1.21. The van der Waals surface area contributed by atoms with Crippen LogP contribution in [0.1, 0.15) is 32.6 Å². The average molecular weight is 195 g/mol. The van der Waals surface area contributed by atoms with Crippen LogP contribution < -0.4 is 10.6 Å². The minimum Gasteiger partial charge on any atom is -0.341 e. The maximum absolute atomic E-state index is 11.9. The number of nitrogens with zero attached hydrogens (tertiary/aromatic N) is 1. The van der Waals surface area contributed by atoms with E-state index in [0.717, 1.165) is 25.7 Å². The van der Waals surface area contributed by atoms with Crippen LogP contribution in [0.2, 0.25) is 0 Å². The fourth-order valence-electron chi connectivity index (χ4n) is 2.72. The maximum atomic E-state index is 11.9. The predicted octanol–water partition coefficient (Wildman–Crippen LogP) is 0.640. The van der Waals surface area contributed by atoms with Crippen molar-refractivity contribution >= 4 is 11.9 Å². The second-order valence-electron chi connectivity index (χ2n) is 4.12. The SMILES string of the molecule is CCC1CCCC12NC(=NC)NC2=O. The molecule has 2 unspecified atom stereocenters. The van der Waals surface area contributed by atoms with E-state index in [9.17, 15) is 4.79 Å². The highest BCUT2D eigenvalue weighted by molar-refractivity contribution is 6.09. The number of carbonyl (C=O) groups excluding carboxylic acids is 1. The van der Waals surface area contributed by atoms with E-state index in [1.165, 1.54) is 0 Å². The average Bonchev–Trinajstić information content (AvgIpc) is 2.73. The third kappa shape index (κ3) is 1.13. The van der Waals surface area contributed by atoms with Crippen LogP contribution in [0.3, 0.4) is 0 Å². The number of carbonyl (C=O) groups is 1. The van der Waals surface area contributed by atoms with Gasteiger partial charge in [0.1, 0.15) is 5.54 Å². The molecular weight excluding hydrogens is 178 g/mol. The molecule has 2 N–H and O–H groups in total. The fourth-order valence-corrected chi connectivity index (χ4v) is 2.72. The highest BCUT2D eigenvalue weighted by Crippen LogP contribution is 2.39. The van der Waals surface area contributed by atoms with Crippen molar-refractivity contribution < 1.29 is 4.79 Å². The summed E-state index contributed by atoms with van der Waals surface area (Å²) in [4.78, 5) is 15.9. The van der Waals surface area contributed by atoms with Crippen molar-refractivity contribution in [2.24, 2.45) is 10.9 Å². The highest BCUT2D eigenvalue weighted by atomic mass is 16.2. The molecule has 4 nitrogen and oxygen atoms in total. The van der Waals surface area contributed by atoms with Crippen LogP contribution in [0.5, 0.6) is 0 Å². The lowest BCUT2D eigenvalue weighted by molar-refractivity contribution is -0.125. The molecule has 1 saturated heterocycles. The van der Waals surface area contributed by atoms with Crippen molar-refractivity contribution in [1.29, 1.82) is 0 Å². The molecule has 2 atom stereocenters. The monoisotopic (exact) mass is 195 g/mol. The second-order valence-corrected chi connectivity index (χ2v) is 4.12. The van der Waals surface area contributed by atoms with Gasteiger partial charge in [0.25, 0.3) is 5.91 Å². The number of hydrogen-bond donors (Lipinski definition) is 2. The Labute approximate surface area is 84.2 Å². The largest absolute Gasteiger partial charge is 0.341 e. The lowest BCUT2D eigenvalue weighted by Gasteiger charge is -2.27. The summed E-state index contributed by atoms with van der Waals surface area (Å²) in [6.07, 6.45) is 4.28. The molecule has 1 spiro atoms. The van der Waals surface area contributed by atoms with Crippen LogP contribution in [0.4, 0.5) is 0 Å². The summed E-state index contributed by atoms with van der Waals surface area (Å²) in [5.41, 5.74) is -0.344. The molecule has 78 valence electrons. The lowest BCUT2D eigenvalue weighted by Crippen LogP contribution is -2.49. The van der Waals surface area contributed by atoms with Crippen LogP contribution in [-0.2, 0) is 4.79 Å². The molecule has 1 amide bonds. The van der Waals surface area contributed by atoms with Gasteiger partial charge in [0.15, 0.2) is 5.96 Å². The Morgan fingerprint density at radius 1 is 1.64 bits per heavy atom. The summed E-state index contributed by atoms with van der Waals surface area (Å²) in [6, 6.07) is 0. The summed E-state index contributed by atoms with van der Waals surface area (Å²) in [5, 5.41) is 6.06. The molecule has 0 bridgehead atoms. The zero-order valence-corrected chi connectivity index (χ0v) is 8.76. The van der Waals surface area contributed by atoms with Gasteiger partial charge in [-0.1, -0.05) is 19.8 Å². The van der Waals surface area contributed by atoms with Crippen molar-refractivity contribution in [2.45, 2.75) is 38.1 Å². The third-order valence-corrected chi connectivity index (χ3v) is 3.52. The minimum absolute atomic E-state index is 0.113.